The number of ether oxygens (including phenoxy) is 1. The van der Waals surface area contributed by atoms with Gasteiger partial charge in [0.25, 0.3) is 10.1 Å². The maximum Gasteiger partial charge on any atom is 0.294 e. The van der Waals surface area contributed by atoms with Crippen LogP contribution in [0.5, 0.6) is 0 Å². The van der Waals surface area contributed by atoms with Gasteiger partial charge in [-0.15, -0.1) is 0 Å². The van der Waals surface area contributed by atoms with E-state index >= 15 is 0 Å². The molecule has 0 unspecified atom stereocenters. The van der Waals surface area contributed by atoms with E-state index in [1.165, 1.54) is 12.1 Å². The van der Waals surface area contributed by atoms with Crippen molar-refractivity contribution in [3.8, 4) is 0 Å². The Morgan fingerprint density at radius 1 is 1.38 bits per heavy atom. The maximum atomic E-state index is 11.0. The minimum Gasteiger partial charge on any atom is -0.381 e. The molecule has 0 radical (unpaired) electrons. The van der Waals surface area contributed by atoms with Crippen LogP contribution >= 0.6 is 0 Å². The molecular formula is C11H16O4S. The summed E-state index contributed by atoms with van der Waals surface area (Å²) in [6, 6.07) is 4.57. The second-order valence-corrected chi connectivity index (χ2v) is 4.93. The van der Waals surface area contributed by atoms with E-state index in [-0.39, 0.29) is 4.90 Å². The minimum atomic E-state index is -4.11. The van der Waals surface area contributed by atoms with E-state index in [2.05, 4.69) is 0 Å². The van der Waals surface area contributed by atoms with E-state index in [4.69, 9.17) is 9.29 Å². The van der Waals surface area contributed by atoms with Crippen LogP contribution in [0.3, 0.4) is 0 Å². The van der Waals surface area contributed by atoms with E-state index in [1.807, 2.05) is 13.8 Å². The van der Waals surface area contributed by atoms with E-state index < -0.39 is 10.1 Å². The molecule has 1 N–H and O–H groups in total. The van der Waals surface area contributed by atoms with Gasteiger partial charge in [0, 0.05) is 6.61 Å². The molecule has 0 amide bonds. The third kappa shape index (κ3) is 3.59. The van der Waals surface area contributed by atoms with Gasteiger partial charge < -0.3 is 4.74 Å². The lowest BCUT2D eigenvalue weighted by molar-refractivity contribution is 0.151. The van der Waals surface area contributed by atoms with E-state index in [0.29, 0.717) is 19.6 Å². The first-order valence-corrected chi connectivity index (χ1v) is 6.54. The van der Waals surface area contributed by atoms with Crippen molar-refractivity contribution in [3.05, 3.63) is 29.3 Å². The molecule has 90 valence electrons. The molecule has 0 aromatic heterocycles. The van der Waals surface area contributed by atoms with Crippen LogP contribution in [0.2, 0.25) is 0 Å². The molecule has 0 heterocycles. The third-order valence-corrected chi connectivity index (χ3v) is 3.19. The molecule has 5 heteroatoms. The maximum absolute atomic E-state index is 11.0. The van der Waals surface area contributed by atoms with Gasteiger partial charge >= 0.3 is 0 Å². The summed E-state index contributed by atoms with van der Waals surface area (Å²) in [5.74, 6) is 0. The zero-order valence-electron chi connectivity index (χ0n) is 9.43. The highest BCUT2D eigenvalue weighted by Gasteiger charge is 2.11. The Balaban J connectivity index is 2.91. The minimum absolute atomic E-state index is 0.0652. The Bertz CT molecular complexity index is 451. The number of benzene rings is 1. The number of aryl methyl sites for hydroxylation is 1. The van der Waals surface area contributed by atoms with Gasteiger partial charge in [0.1, 0.15) is 0 Å². The summed E-state index contributed by atoms with van der Waals surface area (Å²) in [4.78, 5) is -0.0652. The van der Waals surface area contributed by atoms with Gasteiger partial charge in [-0.25, -0.2) is 0 Å². The molecule has 0 aliphatic rings. The Labute approximate surface area is 96.0 Å². The molecule has 1 aromatic rings. The van der Waals surface area contributed by atoms with Crippen LogP contribution in [0.25, 0.3) is 0 Å². The van der Waals surface area contributed by atoms with E-state index in [1.54, 1.807) is 6.07 Å². The predicted molar refractivity (Wildman–Crippen MR) is 61.2 cm³/mol. The summed E-state index contributed by atoms with van der Waals surface area (Å²) in [5, 5.41) is 0. The summed E-state index contributed by atoms with van der Waals surface area (Å²) >= 11 is 0. The highest BCUT2D eigenvalue weighted by atomic mass is 32.2. The van der Waals surface area contributed by atoms with Gasteiger partial charge in [-0.2, -0.15) is 8.42 Å². The number of rotatable bonds is 5. The molecule has 0 fully saturated rings. The first-order valence-electron chi connectivity index (χ1n) is 5.10. The van der Waals surface area contributed by atoms with Crippen molar-refractivity contribution >= 4 is 10.1 Å². The lowest BCUT2D eigenvalue weighted by Gasteiger charge is -2.07. The summed E-state index contributed by atoms with van der Waals surface area (Å²) < 4.78 is 36.0. The standard InChI is InChI=1S/C11H16O4S/c1-3-15-7-6-10-8-11(16(12,13)14)5-4-9(10)2/h4-5,8H,3,6-7H2,1-2H3,(H,12,13,14). The average molecular weight is 244 g/mol. The van der Waals surface area contributed by atoms with Crippen LogP contribution in [-0.2, 0) is 21.3 Å². The summed E-state index contributed by atoms with van der Waals surface area (Å²) in [6.45, 7) is 4.99. The SMILES string of the molecule is CCOCCc1cc(S(=O)(=O)O)ccc1C. The monoisotopic (exact) mass is 244 g/mol. The van der Waals surface area contributed by atoms with Crippen LogP contribution < -0.4 is 0 Å². The molecule has 0 aliphatic heterocycles. The molecule has 0 atom stereocenters. The molecule has 0 aliphatic carbocycles. The van der Waals surface area contributed by atoms with Crippen molar-refractivity contribution in [2.24, 2.45) is 0 Å². The molecule has 1 rings (SSSR count). The molecule has 1 aromatic carbocycles. The molecule has 0 saturated heterocycles. The van der Waals surface area contributed by atoms with Crippen LogP contribution in [0, 0.1) is 6.92 Å². The average Bonchev–Trinajstić information content (AvgIpc) is 2.19. The Morgan fingerprint density at radius 2 is 2.06 bits per heavy atom. The quantitative estimate of drug-likeness (QED) is 0.634. The van der Waals surface area contributed by atoms with Crippen LogP contribution in [0.1, 0.15) is 18.1 Å². The Morgan fingerprint density at radius 3 is 2.62 bits per heavy atom. The molecule has 0 bridgehead atoms. The van der Waals surface area contributed by atoms with Crippen molar-refractivity contribution < 1.29 is 17.7 Å². The largest absolute Gasteiger partial charge is 0.381 e. The topological polar surface area (TPSA) is 63.6 Å². The first kappa shape index (κ1) is 13.2. The first-order chi connectivity index (χ1) is 7.45. The molecule has 0 saturated carbocycles. The normalized spacial score (nSPS) is 11.7. The van der Waals surface area contributed by atoms with Gasteiger partial charge in [-0.3, -0.25) is 4.55 Å². The zero-order valence-corrected chi connectivity index (χ0v) is 10.3. The zero-order chi connectivity index (χ0) is 12.2. The molecule has 16 heavy (non-hydrogen) atoms. The van der Waals surface area contributed by atoms with Crippen LogP contribution in [0.15, 0.2) is 23.1 Å². The van der Waals surface area contributed by atoms with Crippen molar-refractivity contribution in [2.75, 3.05) is 13.2 Å². The molecular weight excluding hydrogens is 228 g/mol. The van der Waals surface area contributed by atoms with Crippen molar-refractivity contribution in [1.29, 1.82) is 0 Å². The Kier molecular flexibility index (Phi) is 4.46. The van der Waals surface area contributed by atoms with Gasteiger partial charge in [-0.1, -0.05) is 6.07 Å². The van der Waals surface area contributed by atoms with Crippen LogP contribution in [0.4, 0.5) is 0 Å². The van der Waals surface area contributed by atoms with Crippen molar-refractivity contribution in [2.45, 2.75) is 25.2 Å². The highest BCUT2D eigenvalue weighted by molar-refractivity contribution is 7.85. The fraction of sp³-hybridized carbons (Fsp3) is 0.455. The third-order valence-electron chi connectivity index (χ3n) is 2.34. The van der Waals surface area contributed by atoms with Gasteiger partial charge in [0.15, 0.2) is 0 Å². The fourth-order valence-corrected chi connectivity index (χ4v) is 1.94. The van der Waals surface area contributed by atoms with Gasteiger partial charge in [0.05, 0.1) is 11.5 Å². The Hall–Kier alpha value is -0.910. The second-order valence-electron chi connectivity index (χ2n) is 3.51. The smallest absolute Gasteiger partial charge is 0.294 e. The van der Waals surface area contributed by atoms with Crippen LogP contribution in [-0.4, -0.2) is 26.2 Å². The predicted octanol–water partition coefficient (Wildman–Crippen LogP) is 1.82. The summed E-state index contributed by atoms with van der Waals surface area (Å²) in [6.07, 6.45) is 0.642. The second kappa shape index (κ2) is 5.43. The summed E-state index contributed by atoms with van der Waals surface area (Å²) in [7, 11) is -4.11. The lowest BCUT2D eigenvalue weighted by atomic mass is 10.1. The number of hydrogen-bond acceptors (Lipinski definition) is 3. The van der Waals surface area contributed by atoms with E-state index in [0.717, 1.165) is 11.1 Å². The van der Waals surface area contributed by atoms with E-state index in [9.17, 15) is 8.42 Å². The summed E-state index contributed by atoms with van der Waals surface area (Å²) in [5.41, 5.74) is 1.87. The fourth-order valence-electron chi connectivity index (χ4n) is 1.40. The lowest BCUT2D eigenvalue weighted by Crippen LogP contribution is -2.03. The van der Waals surface area contributed by atoms with Crippen molar-refractivity contribution in [1.82, 2.24) is 0 Å². The number of hydrogen-bond donors (Lipinski definition) is 1. The van der Waals surface area contributed by atoms with Gasteiger partial charge in [0.2, 0.25) is 0 Å². The van der Waals surface area contributed by atoms with Gasteiger partial charge in [-0.05, 0) is 43.5 Å². The van der Waals surface area contributed by atoms with Crippen molar-refractivity contribution in [3.63, 3.8) is 0 Å². The molecule has 0 spiro atoms. The highest BCUT2D eigenvalue weighted by Crippen LogP contribution is 2.15. The molecule has 4 nitrogen and oxygen atoms in total.